The van der Waals surface area contributed by atoms with Crippen LogP contribution in [0.2, 0.25) is 5.02 Å². The average molecular weight is 267 g/mol. The number of nitrogens with one attached hydrogen (secondary N) is 1. The molecule has 1 aromatic carbocycles. The smallest absolute Gasteiger partial charge is 0.0445 e. The van der Waals surface area contributed by atoms with E-state index >= 15 is 0 Å². The van der Waals surface area contributed by atoms with E-state index in [-0.39, 0.29) is 6.04 Å². The van der Waals surface area contributed by atoms with E-state index < -0.39 is 0 Å². The van der Waals surface area contributed by atoms with Gasteiger partial charge in [0.05, 0.1) is 0 Å². The summed E-state index contributed by atoms with van der Waals surface area (Å²) in [6, 6.07) is 6.43. The second kappa shape index (κ2) is 6.55. The molecule has 0 heterocycles. The molecule has 1 aliphatic rings. The molecule has 2 rings (SSSR count). The molecule has 1 unspecified atom stereocenters. The van der Waals surface area contributed by atoms with Gasteiger partial charge in [-0.15, -0.1) is 0 Å². The van der Waals surface area contributed by atoms with Crippen LogP contribution in [-0.4, -0.2) is 13.1 Å². The van der Waals surface area contributed by atoms with Gasteiger partial charge >= 0.3 is 0 Å². The van der Waals surface area contributed by atoms with Gasteiger partial charge in [-0.1, -0.05) is 36.6 Å². The molecule has 0 spiro atoms. The number of rotatable bonds is 7. The molecule has 18 heavy (non-hydrogen) atoms. The summed E-state index contributed by atoms with van der Waals surface area (Å²) in [5.74, 6) is 1.01. The normalized spacial score (nSPS) is 16.8. The van der Waals surface area contributed by atoms with Gasteiger partial charge in [-0.3, -0.25) is 0 Å². The summed E-state index contributed by atoms with van der Waals surface area (Å²) in [4.78, 5) is 0. The van der Waals surface area contributed by atoms with E-state index in [1.807, 2.05) is 13.0 Å². The summed E-state index contributed by atoms with van der Waals surface area (Å²) in [5, 5.41) is 4.36. The van der Waals surface area contributed by atoms with Gasteiger partial charge in [0, 0.05) is 17.6 Å². The molecular formula is C15H23ClN2. The predicted octanol–water partition coefficient (Wildman–Crippen LogP) is 3.43. The first-order chi connectivity index (χ1) is 8.70. The summed E-state index contributed by atoms with van der Waals surface area (Å²) in [6.45, 7) is 3.68. The first-order valence-corrected chi connectivity index (χ1v) is 7.28. The fraction of sp³-hybridized carbons (Fsp3) is 0.600. The van der Waals surface area contributed by atoms with Crippen LogP contribution in [0.1, 0.15) is 42.9 Å². The SMILES string of the molecule is Cc1ccc(C(CN)NCCCC2CC2)cc1Cl. The Bertz CT molecular complexity index is 388. The van der Waals surface area contributed by atoms with Crippen LogP contribution in [0.25, 0.3) is 0 Å². The van der Waals surface area contributed by atoms with Crippen LogP contribution in [0.4, 0.5) is 0 Å². The van der Waals surface area contributed by atoms with Crippen molar-refractivity contribution in [2.24, 2.45) is 11.7 Å². The van der Waals surface area contributed by atoms with E-state index in [0.717, 1.165) is 23.0 Å². The van der Waals surface area contributed by atoms with Gasteiger partial charge < -0.3 is 11.1 Å². The highest BCUT2D eigenvalue weighted by atomic mass is 35.5. The van der Waals surface area contributed by atoms with Crippen molar-refractivity contribution in [1.29, 1.82) is 0 Å². The first kappa shape index (κ1) is 13.9. The third-order valence-corrected chi connectivity index (χ3v) is 4.12. The van der Waals surface area contributed by atoms with Crippen molar-refractivity contribution in [3.05, 3.63) is 34.3 Å². The lowest BCUT2D eigenvalue weighted by atomic mass is 10.0. The summed E-state index contributed by atoms with van der Waals surface area (Å²) < 4.78 is 0. The number of hydrogen-bond acceptors (Lipinski definition) is 2. The molecule has 1 aliphatic carbocycles. The summed E-state index contributed by atoms with van der Waals surface area (Å²) in [7, 11) is 0. The lowest BCUT2D eigenvalue weighted by molar-refractivity contribution is 0.512. The van der Waals surface area contributed by atoms with Gasteiger partial charge in [0.15, 0.2) is 0 Å². The molecule has 1 fully saturated rings. The minimum Gasteiger partial charge on any atom is -0.329 e. The molecule has 1 atom stereocenters. The number of benzene rings is 1. The molecule has 3 heteroatoms. The van der Waals surface area contributed by atoms with Gasteiger partial charge in [-0.2, -0.15) is 0 Å². The van der Waals surface area contributed by atoms with Crippen molar-refractivity contribution >= 4 is 11.6 Å². The Balaban J connectivity index is 1.83. The molecule has 0 saturated heterocycles. The molecule has 2 nitrogen and oxygen atoms in total. The maximum Gasteiger partial charge on any atom is 0.0445 e. The molecule has 1 saturated carbocycles. The zero-order valence-electron chi connectivity index (χ0n) is 11.1. The molecule has 0 amide bonds. The molecule has 3 N–H and O–H groups in total. The van der Waals surface area contributed by atoms with E-state index in [1.165, 1.54) is 31.2 Å². The van der Waals surface area contributed by atoms with E-state index in [2.05, 4.69) is 17.4 Å². The van der Waals surface area contributed by atoms with Crippen LogP contribution in [0.3, 0.4) is 0 Å². The number of halogens is 1. The Morgan fingerprint density at radius 1 is 1.44 bits per heavy atom. The second-order valence-electron chi connectivity index (χ2n) is 5.34. The Morgan fingerprint density at radius 3 is 2.83 bits per heavy atom. The van der Waals surface area contributed by atoms with Crippen LogP contribution < -0.4 is 11.1 Å². The zero-order valence-corrected chi connectivity index (χ0v) is 11.8. The Kier molecular flexibility index (Phi) is 5.04. The van der Waals surface area contributed by atoms with Crippen molar-refractivity contribution < 1.29 is 0 Å². The van der Waals surface area contributed by atoms with Crippen LogP contribution in [-0.2, 0) is 0 Å². The first-order valence-electron chi connectivity index (χ1n) is 6.90. The van der Waals surface area contributed by atoms with Crippen molar-refractivity contribution in [3.8, 4) is 0 Å². The standard InChI is InChI=1S/C15H23ClN2/c1-11-4-7-13(9-14(11)16)15(10-17)18-8-2-3-12-5-6-12/h4,7,9,12,15,18H,2-3,5-6,8,10,17H2,1H3. The van der Waals surface area contributed by atoms with Crippen molar-refractivity contribution in [1.82, 2.24) is 5.32 Å². The fourth-order valence-electron chi connectivity index (χ4n) is 2.24. The Morgan fingerprint density at radius 2 is 2.22 bits per heavy atom. The topological polar surface area (TPSA) is 38.0 Å². The number of hydrogen-bond donors (Lipinski definition) is 2. The second-order valence-corrected chi connectivity index (χ2v) is 5.74. The van der Waals surface area contributed by atoms with E-state index in [4.69, 9.17) is 17.3 Å². The highest BCUT2D eigenvalue weighted by Gasteiger charge is 2.20. The summed E-state index contributed by atoms with van der Waals surface area (Å²) in [6.07, 6.45) is 5.49. The monoisotopic (exact) mass is 266 g/mol. The Hall–Kier alpha value is -0.570. The largest absolute Gasteiger partial charge is 0.329 e. The molecule has 0 radical (unpaired) electrons. The van der Waals surface area contributed by atoms with Gasteiger partial charge in [0.1, 0.15) is 0 Å². The van der Waals surface area contributed by atoms with E-state index in [1.54, 1.807) is 0 Å². The summed E-state index contributed by atoms with van der Waals surface area (Å²) in [5.41, 5.74) is 8.15. The maximum atomic E-state index is 6.16. The third-order valence-electron chi connectivity index (χ3n) is 3.71. The zero-order chi connectivity index (χ0) is 13.0. The number of nitrogens with two attached hydrogens (primary N) is 1. The van der Waals surface area contributed by atoms with Crippen molar-refractivity contribution in [2.45, 2.75) is 38.6 Å². The van der Waals surface area contributed by atoms with Gasteiger partial charge in [-0.25, -0.2) is 0 Å². The summed E-state index contributed by atoms with van der Waals surface area (Å²) >= 11 is 6.16. The molecule has 1 aromatic rings. The lowest BCUT2D eigenvalue weighted by Crippen LogP contribution is -2.29. The maximum absolute atomic E-state index is 6.16. The Labute approximate surface area is 115 Å². The van der Waals surface area contributed by atoms with Gasteiger partial charge in [-0.05, 0) is 49.4 Å². The quantitative estimate of drug-likeness (QED) is 0.742. The van der Waals surface area contributed by atoms with E-state index in [9.17, 15) is 0 Å². The van der Waals surface area contributed by atoms with Crippen LogP contribution in [0.15, 0.2) is 18.2 Å². The van der Waals surface area contributed by atoms with Crippen LogP contribution in [0.5, 0.6) is 0 Å². The minimum atomic E-state index is 0.224. The molecular weight excluding hydrogens is 244 g/mol. The van der Waals surface area contributed by atoms with Gasteiger partial charge in [0.25, 0.3) is 0 Å². The highest BCUT2D eigenvalue weighted by molar-refractivity contribution is 6.31. The number of aryl methyl sites for hydroxylation is 1. The molecule has 0 aromatic heterocycles. The third kappa shape index (κ3) is 3.98. The minimum absolute atomic E-state index is 0.224. The molecule has 0 aliphatic heterocycles. The van der Waals surface area contributed by atoms with E-state index in [0.29, 0.717) is 6.54 Å². The predicted molar refractivity (Wildman–Crippen MR) is 77.9 cm³/mol. The fourth-order valence-corrected chi connectivity index (χ4v) is 2.43. The van der Waals surface area contributed by atoms with Gasteiger partial charge in [0.2, 0.25) is 0 Å². The molecule has 100 valence electrons. The van der Waals surface area contributed by atoms with Crippen LogP contribution >= 0.6 is 11.6 Å². The lowest BCUT2D eigenvalue weighted by Gasteiger charge is -2.18. The average Bonchev–Trinajstić information content (AvgIpc) is 3.17. The van der Waals surface area contributed by atoms with Crippen LogP contribution in [0, 0.1) is 12.8 Å². The van der Waals surface area contributed by atoms with Crippen molar-refractivity contribution in [3.63, 3.8) is 0 Å². The highest BCUT2D eigenvalue weighted by Crippen LogP contribution is 2.33. The van der Waals surface area contributed by atoms with Crippen molar-refractivity contribution in [2.75, 3.05) is 13.1 Å². The molecule has 0 bridgehead atoms.